The highest BCUT2D eigenvalue weighted by molar-refractivity contribution is 9.10. The Kier molecular flexibility index (Phi) is 4.66. The van der Waals surface area contributed by atoms with Gasteiger partial charge in [-0.05, 0) is 36.6 Å². The van der Waals surface area contributed by atoms with Gasteiger partial charge in [-0.15, -0.1) is 6.58 Å². The molecule has 0 aliphatic heterocycles. The van der Waals surface area contributed by atoms with E-state index in [1.165, 1.54) is 6.08 Å². The molecular formula is C11H12BrClO. The van der Waals surface area contributed by atoms with Gasteiger partial charge in [0.25, 0.3) is 0 Å². The number of hydrogen-bond donors (Lipinski definition) is 1. The average Bonchev–Trinajstić information content (AvgIpc) is 2.19. The standard InChI is InChI=1S/C11H12BrClO/c1-2-10(14)5-3-8-7-9(12)4-6-11(8)13/h2,4,6-7,10,14H,1,3,5H2. The molecule has 1 nitrogen and oxygen atoms in total. The van der Waals surface area contributed by atoms with E-state index in [-0.39, 0.29) is 0 Å². The van der Waals surface area contributed by atoms with Crippen LogP contribution in [0.5, 0.6) is 0 Å². The molecular weight excluding hydrogens is 263 g/mol. The highest BCUT2D eigenvalue weighted by atomic mass is 79.9. The van der Waals surface area contributed by atoms with Gasteiger partial charge in [0.05, 0.1) is 6.10 Å². The van der Waals surface area contributed by atoms with Crippen LogP contribution in [0.15, 0.2) is 35.3 Å². The quantitative estimate of drug-likeness (QED) is 0.833. The summed E-state index contributed by atoms with van der Waals surface area (Å²) in [5, 5.41) is 10.0. The first-order valence-electron chi connectivity index (χ1n) is 4.38. The summed E-state index contributed by atoms with van der Waals surface area (Å²) >= 11 is 9.37. The van der Waals surface area contributed by atoms with Crippen LogP contribution < -0.4 is 0 Å². The van der Waals surface area contributed by atoms with Gasteiger partial charge in [-0.1, -0.05) is 33.6 Å². The van der Waals surface area contributed by atoms with Gasteiger partial charge in [0, 0.05) is 9.50 Å². The third-order valence-electron chi connectivity index (χ3n) is 1.99. The number of aliphatic hydroxyl groups excluding tert-OH is 1. The zero-order chi connectivity index (χ0) is 10.6. The van der Waals surface area contributed by atoms with Crippen LogP contribution in [0.25, 0.3) is 0 Å². The summed E-state index contributed by atoms with van der Waals surface area (Å²) in [6.45, 7) is 3.52. The topological polar surface area (TPSA) is 20.2 Å². The molecule has 0 aliphatic rings. The number of aryl methyl sites for hydroxylation is 1. The Morgan fingerprint density at radius 3 is 2.93 bits per heavy atom. The number of benzene rings is 1. The SMILES string of the molecule is C=CC(O)CCc1cc(Br)ccc1Cl. The van der Waals surface area contributed by atoms with Gasteiger partial charge < -0.3 is 5.11 Å². The lowest BCUT2D eigenvalue weighted by molar-refractivity contribution is 0.213. The maximum Gasteiger partial charge on any atom is 0.0721 e. The molecule has 0 radical (unpaired) electrons. The Hall–Kier alpha value is -0.310. The van der Waals surface area contributed by atoms with Crippen LogP contribution in [0.2, 0.25) is 5.02 Å². The van der Waals surface area contributed by atoms with Crippen molar-refractivity contribution >= 4 is 27.5 Å². The van der Waals surface area contributed by atoms with Gasteiger partial charge in [-0.3, -0.25) is 0 Å². The van der Waals surface area contributed by atoms with Crippen LogP contribution in [0.4, 0.5) is 0 Å². The van der Waals surface area contributed by atoms with Gasteiger partial charge in [0.2, 0.25) is 0 Å². The molecule has 14 heavy (non-hydrogen) atoms. The van der Waals surface area contributed by atoms with Gasteiger partial charge in [-0.2, -0.15) is 0 Å². The van der Waals surface area contributed by atoms with Crippen LogP contribution in [-0.2, 0) is 6.42 Å². The highest BCUT2D eigenvalue weighted by Crippen LogP contribution is 2.22. The van der Waals surface area contributed by atoms with Crippen molar-refractivity contribution in [2.45, 2.75) is 18.9 Å². The van der Waals surface area contributed by atoms with Crippen molar-refractivity contribution < 1.29 is 5.11 Å². The molecule has 1 aromatic carbocycles. The summed E-state index contributed by atoms with van der Waals surface area (Å²) < 4.78 is 1.00. The molecule has 3 heteroatoms. The predicted octanol–water partition coefficient (Wildman–Crippen LogP) is 3.58. The minimum absolute atomic E-state index is 0.454. The summed E-state index contributed by atoms with van der Waals surface area (Å²) in [5.41, 5.74) is 1.04. The fraction of sp³-hybridized carbons (Fsp3) is 0.273. The zero-order valence-electron chi connectivity index (χ0n) is 7.71. The fourth-order valence-corrected chi connectivity index (χ4v) is 1.78. The molecule has 0 spiro atoms. The molecule has 0 saturated heterocycles. The van der Waals surface area contributed by atoms with Crippen LogP contribution in [0, 0.1) is 0 Å². The second-order valence-electron chi connectivity index (χ2n) is 3.08. The zero-order valence-corrected chi connectivity index (χ0v) is 10.1. The Labute approximate surface area is 97.5 Å². The van der Waals surface area contributed by atoms with E-state index < -0.39 is 6.10 Å². The molecule has 0 fully saturated rings. The van der Waals surface area contributed by atoms with E-state index in [2.05, 4.69) is 22.5 Å². The van der Waals surface area contributed by atoms with Crippen LogP contribution in [0.1, 0.15) is 12.0 Å². The smallest absolute Gasteiger partial charge is 0.0721 e. The van der Waals surface area contributed by atoms with Crippen molar-refractivity contribution in [1.29, 1.82) is 0 Å². The Morgan fingerprint density at radius 1 is 1.57 bits per heavy atom. The van der Waals surface area contributed by atoms with Gasteiger partial charge in [0.15, 0.2) is 0 Å². The third-order valence-corrected chi connectivity index (χ3v) is 2.85. The first kappa shape index (κ1) is 11.8. The van der Waals surface area contributed by atoms with E-state index in [9.17, 15) is 5.11 Å². The maximum absolute atomic E-state index is 9.31. The van der Waals surface area contributed by atoms with Crippen LogP contribution >= 0.6 is 27.5 Å². The van der Waals surface area contributed by atoms with Crippen LogP contribution in [0.3, 0.4) is 0 Å². The third kappa shape index (κ3) is 3.45. The lowest BCUT2D eigenvalue weighted by atomic mass is 10.1. The molecule has 1 unspecified atom stereocenters. The Balaban J connectivity index is 2.66. The van der Waals surface area contributed by atoms with E-state index in [0.717, 1.165) is 21.5 Å². The van der Waals surface area contributed by atoms with Crippen LogP contribution in [-0.4, -0.2) is 11.2 Å². The van der Waals surface area contributed by atoms with Crippen molar-refractivity contribution in [3.63, 3.8) is 0 Å². The van der Waals surface area contributed by atoms with Crippen molar-refractivity contribution in [2.75, 3.05) is 0 Å². The monoisotopic (exact) mass is 274 g/mol. The molecule has 0 heterocycles. The first-order chi connectivity index (χ1) is 6.63. The average molecular weight is 276 g/mol. The Morgan fingerprint density at radius 2 is 2.29 bits per heavy atom. The number of rotatable bonds is 4. The Bertz CT molecular complexity index is 325. The summed E-state index contributed by atoms with van der Waals surface area (Å²) in [5.74, 6) is 0. The van der Waals surface area contributed by atoms with E-state index in [4.69, 9.17) is 11.6 Å². The molecule has 0 aliphatic carbocycles. The van der Waals surface area contributed by atoms with Crippen molar-refractivity contribution in [2.24, 2.45) is 0 Å². The fourth-order valence-electron chi connectivity index (χ4n) is 1.16. The highest BCUT2D eigenvalue weighted by Gasteiger charge is 2.04. The molecule has 76 valence electrons. The first-order valence-corrected chi connectivity index (χ1v) is 5.55. The number of aliphatic hydroxyl groups is 1. The normalized spacial score (nSPS) is 12.5. The summed E-state index contributed by atoms with van der Waals surface area (Å²) in [6, 6.07) is 5.72. The van der Waals surface area contributed by atoms with E-state index in [0.29, 0.717) is 6.42 Å². The minimum atomic E-state index is -0.454. The molecule has 0 saturated carbocycles. The molecule has 1 atom stereocenters. The molecule has 0 amide bonds. The summed E-state index contributed by atoms with van der Waals surface area (Å²) in [4.78, 5) is 0. The van der Waals surface area contributed by atoms with Crippen molar-refractivity contribution in [3.05, 3.63) is 45.9 Å². The van der Waals surface area contributed by atoms with Crippen molar-refractivity contribution in [1.82, 2.24) is 0 Å². The van der Waals surface area contributed by atoms with E-state index in [1.807, 2.05) is 18.2 Å². The van der Waals surface area contributed by atoms with E-state index in [1.54, 1.807) is 0 Å². The minimum Gasteiger partial charge on any atom is -0.389 e. The second-order valence-corrected chi connectivity index (χ2v) is 4.40. The lowest BCUT2D eigenvalue weighted by Gasteiger charge is -2.07. The number of hydrogen-bond acceptors (Lipinski definition) is 1. The summed E-state index contributed by atoms with van der Waals surface area (Å²) in [6.07, 6.45) is 2.49. The van der Waals surface area contributed by atoms with Gasteiger partial charge in [0.1, 0.15) is 0 Å². The summed E-state index contributed by atoms with van der Waals surface area (Å²) in [7, 11) is 0. The molecule has 0 bridgehead atoms. The lowest BCUT2D eigenvalue weighted by Crippen LogP contribution is -2.03. The molecule has 1 N–H and O–H groups in total. The van der Waals surface area contributed by atoms with Gasteiger partial charge >= 0.3 is 0 Å². The van der Waals surface area contributed by atoms with E-state index >= 15 is 0 Å². The number of halogens is 2. The second kappa shape index (κ2) is 5.54. The molecule has 1 aromatic rings. The van der Waals surface area contributed by atoms with Crippen molar-refractivity contribution in [3.8, 4) is 0 Å². The molecule has 0 aromatic heterocycles. The largest absolute Gasteiger partial charge is 0.389 e. The predicted molar refractivity (Wildman–Crippen MR) is 63.7 cm³/mol. The maximum atomic E-state index is 9.31. The van der Waals surface area contributed by atoms with Gasteiger partial charge in [-0.25, -0.2) is 0 Å². The molecule has 1 rings (SSSR count).